The van der Waals surface area contributed by atoms with Gasteiger partial charge in [-0.3, -0.25) is 5.10 Å². The highest BCUT2D eigenvalue weighted by Gasteiger charge is 1.98. The van der Waals surface area contributed by atoms with Crippen molar-refractivity contribution in [1.82, 2.24) is 10.2 Å². The van der Waals surface area contributed by atoms with Gasteiger partial charge < -0.3 is 5.73 Å². The van der Waals surface area contributed by atoms with Crippen molar-refractivity contribution in [2.24, 2.45) is 0 Å². The fourth-order valence-corrected chi connectivity index (χ4v) is 0.637. The van der Waals surface area contributed by atoms with Gasteiger partial charge in [-0.1, -0.05) is 6.58 Å². The van der Waals surface area contributed by atoms with E-state index in [9.17, 15) is 0 Å². The minimum absolute atomic E-state index is 0.655. The van der Waals surface area contributed by atoms with Crippen LogP contribution in [0.25, 0.3) is 5.57 Å². The minimum Gasteiger partial charge on any atom is -0.396 e. The van der Waals surface area contributed by atoms with Crippen LogP contribution in [0.3, 0.4) is 0 Å². The topological polar surface area (TPSA) is 54.7 Å². The number of hydrogen-bond donors (Lipinski definition) is 2. The molecule has 9 heavy (non-hydrogen) atoms. The summed E-state index contributed by atoms with van der Waals surface area (Å²) in [5.41, 5.74) is 7.88. The van der Waals surface area contributed by atoms with Crippen LogP contribution < -0.4 is 5.73 Å². The highest BCUT2D eigenvalue weighted by molar-refractivity contribution is 5.68. The van der Waals surface area contributed by atoms with Gasteiger partial charge in [-0.15, -0.1) is 0 Å². The van der Waals surface area contributed by atoms with Gasteiger partial charge in [-0.05, 0) is 12.5 Å². The largest absolute Gasteiger partial charge is 0.396 e. The number of hydrogen-bond acceptors (Lipinski definition) is 2. The molecule has 0 bridgehead atoms. The number of nitrogens with zero attached hydrogens (tertiary/aromatic N) is 1. The first-order chi connectivity index (χ1) is 4.22. The maximum atomic E-state index is 5.49. The average molecular weight is 123 g/mol. The summed E-state index contributed by atoms with van der Waals surface area (Å²) in [6, 6.07) is 0. The molecule has 0 saturated heterocycles. The average Bonchev–Trinajstić information content (AvgIpc) is 2.13. The van der Waals surface area contributed by atoms with Gasteiger partial charge in [-0.2, -0.15) is 5.10 Å². The predicted molar refractivity (Wildman–Crippen MR) is 37.7 cm³/mol. The van der Waals surface area contributed by atoms with E-state index in [4.69, 9.17) is 5.73 Å². The van der Waals surface area contributed by atoms with Gasteiger partial charge in [0.25, 0.3) is 0 Å². The number of aromatic amines is 1. The predicted octanol–water partition coefficient (Wildman–Crippen LogP) is 1.02. The number of aromatic nitrogens is 2. The molecule has 0 amide bonds. The van der Waals surface area contributed by atoms with Crippen molar-refractivity contribution in [1.29, 1.82) is 0 Å². The number of allylic oxidation sites excluding steroid dienone is 1. The van der Waals surface area contributed by atoms with Gasteiger partial charge in [0.15, 0.2) is 0 Å². The van der Waals surface area contributed by atoms with Gasteiger partial charge in [0.2, 0.25) is 0 Å². The van der Waals surface area contributed by atoms with E-state index in [1.54, 1.807) is 6.20 Å². The lowest BCUT2D eigenvalue weighted by molar-refractivity contribution is 1.07. The fourth-order valence-electron chi connectivity index (χ4n) is 0.637. The van der Waals surface area contributed by atoms with Crippen molar-refractivity contribution < 1.29 is 0 Å². The lowest BCUT2D eigenvalue weighted by Crippen LogP contribution is -1.86. The zero-order valence-electron chi connectivity index (χ0n) is 5.31. The first-order valence-corrected chi connectivity index (χ1v) is 2.66. The molecular weight excluding hydrogens is 114 g/mol. The van der Waals surface area contributed by atoms with Gasteiger partial charge in [0.1, 0.15) is 0 Å². The van der Waals surface area contributed by atoms with E-state index in [1.165, 1.54) is 0 Å². The molecule has 0 atom stereocenters. The van der Waals surface area contributed by atoms with Crippen molar-refractivity contribution in [3.05, 3.63) is 18.5 Å². The molecule has 1 aromatic rings. The molecule has 0 fully saturated rings. The molecule has 3 N–H and O–H groups in total. The van der Waals surface area contributed by atoms with Crippen molar-refractivity contribution in [2.75, 3.05) is 5.73 Å². The van der Waals surface area contributed by atoms with E-state index in [-0.39, 0.29) is 0 Å². The second kappa shape index (κ2) is 1.93. The molecule has 0 aromatic carbocycles. The smallest absolute Gasteiger partial charge is 0.0830 e. The Labute approximate surface area is 53.6 Å². The second-order valence-electron chi connectivity index (χ2n) is 1.98. The molecule has 0 unspecified atom stereocenters. The lowest BCUT2D eigenvalue weighted by Gasteiger charge is -1.92. The Balaban J connectivity index is 3.08. The standard InChI is InChI=1S/C6H9N3/c1-4(2)6-5(7)3-8-9-6/h3H,1,7H2,2H3,(H,8,9). The fraction of sp³-hybridized carbons (Fsp3) is 0.167. The summed E-state index contributed by atoms with van der Waals surface area (Å²) >= 11 is 0. The summed E-state index contributed by atoms with van der Waals surface area (Å²) in [5.74, 6) is 0. The molecule has 3 nitrogen and oxygen atoms in total. The SMILES string of the molecule is C=C(C)c1[nH]ncc1N. The molecule has 0 aliphatic rings. The highest BCUT2D eigenvalue weighted by atomic mass is 15.1. The normalized spacial score (nSPS) is 9.44. The van der Waals surface area contributed by atoms with Crippen LogP contribution in [0.2, 0.25) is 0 Å². The van der Waals surface area contributed by atoms with Crippen LogP contribution in [0.4, 0.5) is 5.69 Å². The quantitative estimate of drug-likeness (QED) is 0.585. The Morgan fingerprint density at radius 3 is 2.78 bits per heavy atom. The number of H-pyrrole nitrogens is 1. The van der Waals surface area contributed by atoms with Crippen molar-refractivity contribution in [2.45, 2.75) is 6.92 Å². The monoisotopic (exact) mass is 123 g/mol. The Morgan fingerprint density at radius 2 is 2.56 bits per heavy atom. The Kier molecular flexibility index (Phi) is 1.26. The Morgan fingerprint density at radius 1 is 1.89 bits per heavy atom. The van der Waals surface area contributed by atoms with Crippen LogP contribution in [0.1, 0.15) is 12.6 Å². The summed E-state index contributed by atoms with van der Waals surface area (Å²) in [7, 11) is 0. The van der Waals surface area contributed by atoms with Gasteiger partial charge >= 0.3 is 0 Å². The summed E-state index contributed by atoms with van der Waals surface area (Å²) in [6.07, 6.45) is 1.57. The zero-order valence-corrected chi connectivity index (χ0v) is 5.31. The van der Waals surface area contributed by atoms with Crippen LogP contribution in [0.5, 0.6) is 0 Å². The van der Waals surface area contributed by atoms with E-state index in [2.05, 4.69) is 16.8 Å². The minimum atomic E-state index is 0.655. The van der Waals surface area contributed by atoms with Crippen molar-refractivity contribution >= 4 is 11.3 Å². The number of nitrogen functional groups attached to an aromatic ring is 1. The van der Waals surface area contributed by atoms with Crippen LogP contribution in [-0.4, -0.2) is 10.2 Å². The summed E-state index contributed by atoms with van der Waals surface area (Å²) in [5, 5.41) is 6.46. The molecule has 1 heterocycles. The third-order valence-corrected chi connectivity index (χ3v) is 1.10. The number of nitrogens with two attached hydrogens (primary N) is 1. The van der Waals surface area contributed by atoms with E-state index >= 15 is 0 Å². The van der Waals surface area contributed by atoms with E-state index < -0.39 is 0 Å². The van der Waals surface area contributed by atoms with Crippen molar-refractivity contribution in [3.8, 4) is 0 Å². The molecule has 3 heteroatoms. The number of anilines is 1. The second-order valence-corrected chi connectivity index (χ2v) is 1.98. The Bertz CT molecular complexity index is 224. The van der Waals surface area contributed by atoms with Gasteiger partial charge in [-0.25, -0.2) is 0 Å². The van der Waals surface area contributed by atoms with Crippen LogP contribution in [0, 0.1) is 0 Å². The third-order valence-electron chi connectivity index (χ3n) is 1.10. The first kappa shape index (κ1) is 5.88. The molecule has 48 valence electrons. The van der Waals surface area contributed by atoms with Crippen LogP contribution >= 0.6 is 0 Å². The van der Waals surface area contributed by atoms with E-state index in [1.807, 2.05) is 6.92 Å². The number of rotatable bonds is 1. The van der Waals surface area contributed by atoms with E-state index in [0.29, 0.717) is 5.69 Å². The zero-order chi connectivity index (χ0) is 6.85. The molecule has 0 spiro atoms. The molecule has 0 aliphatic heterocycles. The maximum Gasteiger partial charge on any atom is 0.0830 e. The van der Waals surface area contributed by atoms with E-state index in [0.717, 1.165) is 11.3 Å². The van der Waals surface area contributed by atoms with Crippen LogP contribution in [-0.2, 0) is 0 Å². The molecule has 0 aliphatic carbocycles. The molecule has 0 saturated carbocycles. The lowest BCUT2D eigenvalue weighted by atomic mass is 10.2. The molecule has 0 radical (unpaired) electrons. The van der Waals surface area contributed by atoms with Crippen molar-refractivity contribution in [3.63, 3.8) is 0 Å². The summed E-state index contributed by atoms with van der Waals surface area (Å²) in [4.78, 5) is 0. The third kappa shape index (κ3) is 0.937. The number of nitrogens with one attached hydrogen (secondary N) is 1. The molecule has 1 rings (SSSR count). The molecular formula is C6H9N3. The van der Waals surface area contributed by atoms with Gasteiger partial charge in [0, 0.05) is 0 Å². The Hall–Kier alpha value is -1.25. The summed E-state index contributed by atoms with van der Waals surface area (Å²) < 4.78 is 0. The van der Waals surface area contributed by atoms with Gasteiger partial charge in [0.05, 0.1) is 17.6 Å². The first-order valence-electron chi connectivity index (χ1n) is 2.66. The molecule has 1 aromatic heterocycles. The highest BCUT2D eigenvalue weighted by Crippen LogP contribution is 2.14. The maximum absolute atomic E-state index is 5.49. The summed E-state index contributed by atoms with van der Waals surface area (Å²) in [6.45, 7) is 5.59. The van der Waals surface area contributed by atoms with Crippen LogP contribution in [0.15, 0.2) is 12.8 Å².